The molecule has 0 radical (unpaired) electrons. The number of benzene rings is 1. The van der Waals surface area contributed by atoms with Crippen molar-refractivity contribution in [2.24, 2.45) is 0 Å². The first-order valence-corrected chi connectivity index (χ1v) is 6.68. The molecule has 0 saturated carbocycles. The van der Waals surface area contributed by atoms with Crippen LogP contribution in [-0.4, -0.2) is 21.1 Å². The molecule has 1 unspecified atom stereocenters. The predicted octanol–water partition coefficient (Wildman–Crippen LogP) is 1.97. The highest BCUT2D eigenvalue weighted by Gasteiger charge is 2.24. The van der Waals surface area contributed by atoms with Crippen molar-refractivity contribution < 1.29 is 0 Å². The minimum absolute atomic E-state index is 0.0599. The monoisotopic (exact) mass is 250 g/mol. The van der Waals surface area contributed by atoms with Gasteiger partial charge in [0.25, 0.3) is 5.56 Å². The lowest BCUT2D eigenvalue weighted by atomic mass is 10.2. The van der Waals surface area contributed by atoms with Crippen molar-refractivity contribution in [1.82, 2.24) is 9.55 Å². The topological polar surface area (TPSA) is 34.9 Å². The summed E-state index contributed by atoms with van der Waals surface area (Å²) in [6.45, 7) is 0. The summed E-state index contributed by atoms with van der Waals surface area (Å²) < 4.78 is 1.78. The number of thiol groups is 1. The van der Waals surface area contributed by atoms with Gasteiger partial charge in [-0.25, -0.2) is 4.98 Å². The van der Waals surface area contributed by atoms with Crippen molar-refractivity contribution in [3.63, 3.8) is 0 Å². The number of hydrogen-bond acceptors (Lipinski definition) is 4. The van der Waals surface area contributed by atoms with Crippen LogP contribution in [0.15, 0.2) is 34.2 Å². The molecule has 0 saturated heterocycles. The minimum Gasteiger partial charge on any atom is -0.282 e. The van der Waals surface area contributed by atoms with Gasteiger partial charge < -0.3 is 0 Å². The molecule has 0 aliphatic carbocycles. The fourth-order valence-electron chi connectivity index (χ4n) is 1.93. The minimum atomic E-state index is 0.0599. The van der Waals surface area contributed by atoms with E-state index in [4.69, 9.17) is 0 Å². The molecule has 0 spiro atoms. The van der Waals surface area contributed by atoms with Crippen molar-refractivity contribution in [1.29, 1.82) is 0 Å². The van der Waals surface area contributed by atoms with Gasteiger partial charge in [0.2, 0.25) is 0 Å². The van der Waals surface area contributed by atoms with E-state index in [0.717, 1.165) is 16.4 Å². The Hall–Kier alpha value is -0.940. The molecule has 3 nitrogen and oxygen atoms in total. The number of nitrogens with zero attached hydrogens (tertiary/aromatic N) is 2. The Balaban J connectivity index is 2.37. The molecule has 0 fully saturated rings. The molecule has 2 aromatic rings. The second-order valence-electron chi connectivity index (χ2n) is 3.73. The van der Waals surface area contributed by atoms with E-state index in [-0.39, 0.29) is 11.6 Å². The zero-order valence-corrected chi connectivity index (χ0v) is 10.2. The number of thioether (sulfide) groups is 1. The van der Waals surface area contributed by atoms with Gasteiger partial charge in [0, 0.05) is 11.5 Å². The Morgan fingerprint density at radius 3 is 3.12 bits per heavy atom. The van der Waals surface area contributed by atoms with Gasteiger partial charge in [0.1, 0.15) is 0 Å². The number of rotatable bonds is 1. The standard InChI is InChI=1S/C11H10N2OS2/c14-10-8-3-1-2-4-9(8)12-11-13(10)7(5-15)6-16-11/h1-4,7,15H,5-6H2. The maximum absolute atomic E-state index is 12.3. The average Bonchev–Trinajstić information content (AvgIpc) is 2.72. The zero-order valence-electron chi connectivity index (χ0n) is 8.46. The maximum Gasteiger partial charge on any atom is 0.262 e. The van der Waals surface area contributed by atoms with Crippen LogP contribution >= 0.6 is 24.4 Å². The highest BCUT2D eigenvalue weighted by Crippen LogP contribution is 2.31. The molecule has 1 aromatic heterocycles. The molecule has 16 heavy (non-hydrogen) atoms. The summed E-state index contributed by atoms with van der Waals surface area (Å²) in [7, 11) is 0. The molecule has 5 heteroatoms. The lowest BCUT2D eigenvalue weighted by Crippen LogP contribution is -2.25. The van der Waals surface area contributed by atoms with E-state index in [0.29, 0.717) is 11.1 Å². The highest BCUT2D eigenvalue weighted by atomic mass is 32.2. The molecule has 1 aliphatic rings. The summed E-state index contributed by atoms with van der Waals surface area (Å²) in [5.41, 5.74) is 0.843. The molecule has 0 amide bonds. The molecular formula is C11H10N2OS2. The quantitative estimate of drug-likeness (QED) is 0.621. The third-order valence-corrected chi connectivity index (χ3v) is 4.28. The molecule has 1 aromatic carbocycles. The molecule has 1 aliphatic heterocycles. The number of fused-ring (bicyclic) bond motifs is 2. The van der Waals surface area contributed by atoms with Crippen LogP contribution in [0.1, 0.15) is 6.04 Å². The van der Waals surface area contributed by atoms with Crippen LogP contribution in [0, 0.1) is 0 Å². The Morgan fingerprint density at radius 2 is 2.31 bits per heavy atom. The van der Waals surface area contributed by atoms with Gasteiger partial charge in [0.15, 0.2) is 5.16 Å². The SMILES string of the molecule is O=c1c2ccccc2nc2n1C(CS)CS2. The second-order valence-corrected chi connectivity index (χ2v) is 5.09. The van der Waals surface area contributed by atoms with Crippen LogP contribution < -0.4 is 5.56 Å². The van der Waals surface area contributed by atoms with Gasteiger partial charge in [0.05, 0.1) is 16.9 Å². The van der Waals surface area contributed by atoms with E-state index in [1.54, 1.807) is 16.3 Å². The normalized spacial score (nSPS) is 18.9. The summed E-state index contributed by atoms with van der Waals surface area (Å²) in [6, 6.07) is 7.66. The van der Waals surface area contributed by atoms with Crippen molar-refractivity contribution in [2.75, 3.05) is 11.5 Å². The van der Waals surface area contributed by atoms with Crippen LogP contribution in [0.4, 0.5) is 0 Å². The first-order valence-electron chi connectivity index (χ1n) is 5.06. The summed E-state index contributed by atoms with van der Waals surface area (Å²) in [6.07, 6.45) is 0. The summed E-state index contributed by atoms with van der Waals surface area (Å²) in [5, 5.41) is 1.52. The molecule has 2 heterocycles. The first kappa shape index (κ1) is 10.2. The van der Waals surface area contributed by atoms with E-state index in [2.05, 4.69) is 17.6 Å². The molecule has 3 rings (SSSR count). The van der Waals surface area contributed by atoms with Crippen LogP contribution in [0.3, 0.4) is 0 Å². The third-order valence-electron chi connectivity index (χ3n) is 2.76. The van der Waals surface area contributed by atoms with Crippen LogP contribution in [0.2, 0.25) is 0 Å². The van der Waals surface area contributed by atoms with E-state index < -0.39 is 0 Å². The Labute approximate surface area is 102 Å². The maximum atomic E-state index is 12.3. The number of hydrogen-bond donors (Lipinski definition) is 1. The molecular weight excluding hydrogens is 240 g/mol. The van der Waals surface area contributed by atoms with Gasteiger partial charge in [-0.15, -0.1) is 0 Å². The summed E-state index contributed by atoms with van der Waals surface area (Å²) in [4.78, 5) is 16.8. The van der Waals surface area contributed by atoms with E-state index in [1.807, 2.05) is 24.3 Å². The molecule has 82 valence electrons. The zero-order chi connectivity index (χ0) is 11.1. The Bertz CT molecular complexity index is 608. The van der Waals surface area contributed by atoms with E-state index >= 15 is 0 Å². The summed E-state index contributed by atoms with van der Waals surface area (Å²) in [5.74, 6) is 1.57. The first-order chi connectivity index (χ1) is 7.81. The lowest BCUT2D eigenvalue weighted by molar-refractivity contribution is 0.559. The van der Waals surface area contributed by atoms with Gasteiger partial charge in [-0.3, -0.25) is 9.36 Å². The lowest BCUT2D eigenvalue weighted by Gasteiger charge is -2.10. The van der Waals surface area contributed by atoms with E-state index in [9.17, 15) is 4.79 Å². The fraction of sp³-hybridized carbons (Fsp3) is 0.273. The van der Waals surface area contributed by atoms with Gasteiger partial charge in [-0.1, -0.05) is 23.9 Å². The Kier molecular flexibility index (Phi) is 2.44. The number of aromatic nitrogens is 2. The number of para-hydroxylation sites is 1. The molecule has 0 bridgehead atoms. The van der Waals surface area contributed by atoms with Crippen LogP contribution in [0.25, 0.3) is 10.9 Å². The largest absolute Gasteiger partial charge is 0.282 e. The predicted molar refractivity (Wildman–Crippen MR) is 69.6 cm³/mol. The van der Waals surface area contributed by atoms with E-state index in [1.165, 1.54) is 0 Å². The van der Waals surface area contributed by atoms with Gasteiger partial charge in [-0.2, -0.15) is 12.6 Å². The van der Waals surface area contributed by atoms with Gasteiger partial charge >= 0.3 is 0 Å². The fourth-order valence-corrected chi connectivity index (χ4v) is 3.54. The third kappa shape index (κ3) is 1.38. The van der Waals surface area contributed by atoms with Crippen LogP contribution in [-0.2, 0) is 0 Å². The molecule has 0 N–H and O–H groups in total. The smallest absolute Gasteiger partial charge is 0.262 e. The van der Waals surface area contributed by atoms with Crippen molar-refractivity contribution in [3.8, 4) is 0 Å². The van der Waals surface area contributed by atoms with Crippen molar-refractivity contribution in [3.05, 3.63) is 34.6 Å². The van der Waals surface area contributed by atoms with Crippen LogP contribution in [0.5, 0.6) is 0 Å². The Morgan fingerprint density at radius 1 is 1.50 bits per heavy atom. The molecule has 1 atom stereocenters. The second kappa shape index (κ2) is 3.82. The summed E-state index contributed by atoms with van der Waals surface area (Å²) >= 11 is 5.91. The highest BCUT2D eigenvalue weighted by molar-refractivity contribution is 7.99. The average molecular weight is 250 g/mol. The van der Waals surface area contributed by atoms with Crippen molar-refractivity contribution in [2.45, 2.75) is 11.2 Å². The van der Waals surface area contributed by atoms with Gasteiger partial charge in [-0.05, 0) is 12.1 Å². The van der Waals surface area contributed by atoms with Crippen molar-refractivity contribution >= 4 is 35.3 Å².